The third-order valence-electron chi connectivity index (χ3n) is 3.89. The third kappa shape index (κ3) is 5.40. The molecule has 1 N–H and O–H groups in total. The van der Waals surface area contributed by atoms with E-state index < -0.39 is 0 Å². The summed E-state index contributed by atoms with van der Waals surface area (Å²) in [5, 5.41) is 11.2. The Kier molecular flexibility index (Phi) is 6.24. The number of carbonyl (C=O) groups excluding carboxylic acids is 1. The van der Waals surface area contributed by atoms with Gasteiger partial charge in [-0.1, -0.05) is 37.7 Å². The summed E-state index contributed by atoms with van der Waals surface area (Å²) >= 11 is 1.40. The van der Waals surface area contributed by atoms with Gasteiger partial charge in [0.25, 0.3) is 0 Å². The summed E-state index contributed by atoms with van der Waals surface area (Å²) in [6, 6.07) is 13.6. The van der Waals surface area contributed by atoms with E-state index in [1.54, 1.807) is 18.3 Å². The lowest BCUT2D eigenvalue weighted by Crippen LogP contribution is -2.27. The number of thioether (sulfide) groups is 1. The molecule has 7 heteroatoms. The molecule has 5 nitrogen and oxygen atoms in total. The smallest absolute Gasteiger partial charge is 0.239 e. The summed E-state index contributed by atoms with van der Waals surface area (Å²) in [5.74, 6) is 0.670. The van der Waals surface area contributed by atoms with Gasteiger partial charge in [0.15, 0.2) is 5.17 Å². The summed E-state index contributed by atoms with van der Waals surface area (Å²) in [6.07, 6.45) is 1.62. The van der Waals surface area contributed by atoms with Crippen molar-refractivity contribution in [1.82, 2.24) is 5.32 Å². The van der Waals surface area contributed by atoms with Gasteiger partial charge in [-0.25, -0.2) is 4.39 Å². The summed E-state index contributed by atoms with van der Waals surface area (Å²) < 4.78 is 18.6. The predicted octanol–water partition coefficient (Wildman–Crippen LogP) is 3.98. The van der Waals surface area contributed by atoms with Crippen LogP contribution in [-0.4, -0.2) is 22.5 Å². The second kappa shape index (κ2) is 8.81. The molecular weight excluding hydrogens is 365 g/mol. The van der Waals surface area contributed by atoms with Crippen LogP contribution in [-0.2, 0) is 11.4 Å². The van der Waals surface area contributed by atoms with Crippen molar-refractivity contribution >= 4 is 29.1 Å². The van der Waals surface area contributed by atoms with Crippen LogP contribution >= 0.6 is 11.8 Å². The Bertz CT molecular complexity index is 849. The molecule has 1 amide bonds. The largest absolute Gasteiger partial charge is 0.489 e. The van der Waals surface area contributed by atoms with Crippen molar-refractivity contribution in [1.29, 1.82) is 0 Å². The lowest BCUT2D eigenvalue weighted by molar-refractivity contribution is -0.119. The number of ether oxygens (including phenoxy) is 1. The summed E-state index contributed by atoms with van der Waals surface area (Å²) in [4.78, 5) is 11.8. The zero-order chi connectivity index (χ0) is 19.2. The van der Waals surface area contributed by atoms with E-state index in [1.165, 1.54) is 23.9 Å². The molecule has 0 spiro atoms. The first-order valence-electron chi connectivity index (χ1n) is 8.57. The maximum absolute atomic E-state index is 12.9. The van der Waals surface area contributed by atoms with E-state index in [1.807, 2.05) is 38.1 Å². The van der Waals surface area contributed by atoms with Crippen LogP contribution in [0.3, 0.4) is 0 Å². The number of nitrogens with one attached hydrogen (secondary N) is 1. The number of hydrogen-bond donors (Lipinski definition) is 1. The van der Waals surface area contributed by atoms with E-state index in [9.17, 15) is 9.18 Å². The maximum atomic E-state index is 12.9. The van der Waals surface area contributed by atoms with Gasteiger partial charge < -0.3 is 10.1 Å². The van der Waals surface area contributed by atoms with Crippen molar-refractivity contribution in [2.24, 2.45) is 16.1 Å². The van der Waals surface area contributed by atoms with Crippen LogP contribution in [0.1, 0.15) is 25.0 Å². The maximum Gasteiger partial charge on any atom is 0.239 e. The van der Waals surface area contributed by atoms with Gasteiger partial charge in [-0.05, 0) is 53.4 Å². The van der Waals surface area contributed by atoms with Crippen molar-refractivity contribution in [3.63, 3.8) is 0 Å². The van der Waals surface area contributed by atoms with E-state index in [2.05, 4.69) is 15.5 Å². The van der Waals surface area contributed by atoms with Crippen molar-refractivity contribution < 1.29 is 13.9 Å². The van der Waals surface area contributed by atoms with Crippen LogP contribution in [0.4, 0.5) is 4.39 Å². The first-order valence-corrected chi connectivity index (χ1v) is 9.45. The standard InChI is InChI=1S/C20H20FN3O2S/c1-13(2)18-19(25)23-20(27-18)24-22-11-14-5-9-17(10-6-14)26-12-15-3-7-16(21)8-4-15/h3-11,13,18H,12H2,1-2H3,(H,23,24,25). The number of amides is 1. The monoisotopic (exact) mass is 385 g/mol. The number of carbonyl (C=O) groups is 1. The summed E-state index contributed by atoms with van der Waals surface area (Å²) in [7, 11) is 0. The van der Waals surface area contributed by atoms with E-state index in [4.69, 9.17) is 4.74 Å². The second-order valence-corrected chi connectivity index (χ2v) is 7.54. The fraction of sp³-hybridized carbons (Fsp3) is 0.250. The highest BCUT2D eigenvalue weighted by Crippen LogP contribution is 2.25. The molecule has 1 aliphatic heterocycles. The minimum absolute atomic E-state index is 0.0217. The van der Waals surface area contributed by atoms with Gasteiger partial charge in [-0.15, -0.1) is 5.10 Å². The van der Waals surface area contributed by atoms with Crippen molar-refractivity contribution in [2.45, 2.75) is 25.7 Å². The number of nitrogens with zero attached hydrogens (tertiary/aromatic N) is 2. The van der Waals surface area contributed by atoms with Crippen LogP contribution < -0.4 is 10.1 Å². The lowest BCUT2D eigenvalue weighted by atomic mass is 10.1. The Morgan fingerprint density at radius 1 is 1.19 bits per heavy atom. The SMILES string of the molecule is CC(C)C1SC(=NN=Cc2ccc(OCc3ccc(F)cc3)cc2)NC1=O. The Morgan fingerprint density at radius 3 is 2.52 bits per heavy atom. The number of amidine groups is 1. The number of hydrogen-bond acceptors (Lipinski definition) is 5. The van der Waals surface area contributed by atoms with Gasteiger partial charge in [-0.2, -0.15) is 5.10 Å². The molecule has 3 rings (SSSR count). The van der Waals surface area contributed by atoms with E-state index >= 15 is 0 Å². The van der Waals surface area contributed by atoms with Gasteiger partial charge in [0.1, 0.15) is 18.2 Å². The molecule has 1 saturated heterocycles. The fourth-order valence-corrected chi connectivity index (χ4v) is 3.35. The Balaban J connectivity index is 1.53. The Labute approximate surface area is 161 Å². The topological polar surface area (TPSA) is 63.1 Å². The molecule has 0 bridgehead atoms. The predicted molar refractivity (Wildman–Crippen MR) is 107 cm³/mol. The van der Waals surface area contributed by atoms with Crippen LogP contribution in [0.15, 0.2) is 58.7 Å². The molecule has 1 aliphatic rings. The number of rotatable bonds is 6. The van der Waals surface area contributed by atoms with Gasteiger partial charge in [0, 0.05) is 0 Å². The molecule has 1 atom stereocenters. The first-order chi connectivity index (χ1) is 13.0. The van der Waals surface area contributed by atoms with E-state index in [0.29, 0.717) is 17.5 Å². The molecule has 2 aromatic carbocycles. The minimum atomic E-state index is -0.263. The zero-order valence-electron chi connectivity index (χ0n) is 15.1. The summed E-state index contributed by atoms with van der Waals surface area (Å²) in [6.45, 7) is 4.38. The molecular formula is C20H20FN3O2S. The van der Waals surface area contributed by atoms with Crippen LogP contribution in [0.25, 0.3) is 0 Å². The summed E-state index contributed by atoms with van der Waals surface area (Å²) in [5.41, 5.74) is 1.76. The third-order valence-corrected chi connectivity index (χ3v) is 5.31. The number of benzene rings is 2. The number of halogens is 1. The van der Waals surface area contributed by atoms with Gasteiger partial charge >= 0.3 is 0 Å². The molecule has 1 fully saturated rings. The van der Waals surface area contributed by atoms with Gasteiger partial charge in [-0.3, -0.25) is 4.79 Å². The van der Waals surface area contributed by atoms with Gasteiger partial charge in [0.2, 0.25) is 5.91 Å². The highest BCUT2D eigenvalue weighted by atomic mass is 32.2. The van der Waals surface area contributed by atoms with E-state index in [0.717, 1.165) is 11.1 Å². The highest BCUT2D eigenvalue weighted by molar-refractivity contribution is 8.15. The van der Waals surface area contributed by atoms with Crippen LogP contribution in [0.2, 0.25) is 0 Å². The van der Waals surface area contributed by atoms with Crippen molar-refractivity contribution in [3.05, 3.63) is 65.5 Å². The second-order valence-electron chi connectivity index (χ2n) is 6.41. The lowest BCUT2D eigenvalue weighted by Gasteiger charge is -2.07. The van der Waals surface area contributed by atoms with Gasteiger partial charge in [0.05, 0.1) is 11.5 Å². The van der Waals surface area contributed by atoms with Crippen LogP contribution in [0.5, 0.6) is 5.75 Å². The molecule has 0 saturated carbocycles. The molecule has 140 valence electrons. The molecule has 1 heterocycles. The zero-order valence-corrected chi connectivity index (χ0v) is 15.9. The minimum Gasteiger partial charge on any atom is -0.489 e. The molecule has 2 aromatic rings. The van der Waals surface area contributed by atoms with Crippen molar-refractivity contribution in [2.75, 3.05) is 0 Å². The molecule has 27 heavy (non-hydrogen) atoms. The fourth-order valence-electron chi connectivity index (χ4n) is 2.41. The Hall–Kier alpha value is -2.67. The van der Waals surface area contributed by atoms with Crippen molar-refractivity contribution in [3.8, 4) is 5.75 Å². The Morgan fingerprint density at radius 2 is 1.89 bits per heavy atom. The molecule has 1 unspecified atom stereocenters. The average molecular weight is 385 g/mol. The quantitative estimate of drug-likeness (QED) is 0.604. The van der Waals surface area contributed by atoms with Crippen LogP contribution in [0, 0.1) is 11.7 Å². The first kappa shape index (κ1) is 19.1. The normalized spacial score (nSPS) is 18.4. The van der Waals surface area contributed by atoms with E-state index in [-0.39, 0.29) is 22.9 Å². The molecule has 0 radical (unpaired) electrons. The highest BCUT2D eigenvalue weighted by Gasteiger charge is 2.32. The molecule has 0 aliphatic carbocycles. The molecule has 0 aromatic heterocycles. The average Bonchev–Trinajstić information content (AvgIpc) is 3.03.